The average molecular weight is 391 g/mol. The van der Waals surface area contributed by atoms with Crippen molar-refractivity contribution in [3.8, 4) is 5.75 Å². The Morgan fingerprint density at radius 3 is 2.45 bits per heavy atom. The van der Waals surface area contributed by atoms with Crippen molar-refractivity contribution in [2.24, 2.45) is 0 Å². The summed E-state index contributed by atoms with van der Waals surface area (Å²) in [7, 11) is 0. The highest BCUT2D eigenvalue weighted by atomic mass is 16.5. The molecule has 1 atom stereocenters. The van der Waals surface area contributed by atoms with Gasteiger partial charge in [0.2, 0.25) is 0 Å². The summed E-state index contributed by atoms with van der Waals surface area (Å²) in [5.74, 6) is 0.835. The van der Waals surface area contributed by atoms with Crippen LogP contribution in [-0.2, 0) is 0 Å². The summed E-state index contributed by atoms with van der Waals surface area (Å²) in [5.41, 5.74) is 4.04. The van der Waals surface area contributed by atoms with Gasteiger partial charge in [0.1, 0.15) is 18.5 Å². The Morgan fingerprint density at radius 1 is 0.897 bits per heavy atom. The van der Waals surface area contributed by atoms with E-state index in [0.29, 0.717) is 13.2 Å². The van der Waals surface area contributed by atoms with E-state index in [4.69, 9.17) is 4.74 Å². The molecular weight excluding hydrogens is 360 g/mol. The largest absolute Gasteiger partial charge is 0.490 e. The van der Waals surface area contributed by atoms with E-state index in [1.807, 2.05) is 24.3 Å². The van der Waals surface area contributed by atoms with Gasteiger partial charge in [-0.15, -0.1) is 0 Å². The number of benzene rings is 3. The predicted molar refractivity (Wildman–Crippen MR) is 120 cm³/mol. The van der Waals surface area contributed by atoms with Crippen LogP contribution in [0.1, 0.15) is 11.1 Å². The number of nitrogens with zero attached hydrogens (tertiary/aromatic N) is 2. The lowest BCUT2D eigenvalue weighted by atomic mass is 10.1. The first-order chi connectivity index (χ1) is 14.1. The molecule has 1 aliphatic rings. The summed E-state index contributed by atoms with van der Waals surface area (Å²) in [5, 5.41) is 12.8. The quantitative estimate of drug-likeness (QED) is 0.690. The summed E-state index contributed by atoms with van der Waals surface area (Å²) >= 11 is 0. The molecule has 4 nitrogen and oxygen atoms in total. The number of fused-ring (bicyclic) bond motifs is 1. The minimum Gasteiger partial charge on any atom is -0.490 e. The predicted octanol–water partition coefficient (Wildman–Crippen LogP) is 4.02. The maximum atomic E-state index is 10.5. The number of anilines is 1. The minimum absolute atomic E-state index is 0.311. The van der Waals surface area contributed by atoms with Gasteiger partial charge < -0.3 is 14.7 Å². The Kier molecular flexibility index (Phi) is 6.02. The van der Waals surface area contributed by atoms with Crippen LogP contribution in [0, 0.1) is 13.8 Å². The van der Waals surface area contributed by atoms with Crippen molar-refractivity contribution in [1.82, 2.24) is 4.90 Å². The number of hydrogen-bond donors (Lipinski definition) is 1. The van der Waals surface area contributed by atoms with E-state index in [-0.39, 0.29) is 0 Å². The number of rotatable bonds is 6. The molecule has 0 spiro atoms. The van der Waals surface area contributed by atoms with E-state index >= 15 is 0 Å². The topological polar surface area (TPSA) is 35.9 Å². The fourth-order valence-electron chi connectivity index (χ4n) is 4.11. The molecule has 0 aliphatic carbocycles. The molecule has 1 N–H and O–H groups in total. The van der Waals surface area contributed by atoms with Gasteiger partial charge in [0.15, 0.2) is 0 Å². The van der Waals surface area contributed by atoms with Crippen molar-refractivity contribution < 1.29 is 9.84 Å². The zero-order chi connectivity index (χ0) is 20.2. The molecular formula is C25H30N2O2. The molecule has 1 unspecified atom stereocenters. The van der Waals surface area contributed by atoms with E-state index in [1.54, 1.807) is 0 Å². The van der Waals surface area contributed by atoms with Crippen molar-refractivity contribution in [2.45, 2.75) is 20.0 Å². The minimum atomic E-state index is -0.499. The highest BCUT2D eigenvalue weighted by molar-refractivity contribution is 5.88. The van der Waals surface area contributed by atoms with Crippen molar-refractivity contribution in [3.05, 3.63) is 71.8 Å². The second kappa shape index (κ2) is 8.85. The third kappa shape index (κ3) is 4.55. The van der Waals surface area contributed by atoms with E-state index in [0.717, 1.165) is 42.7 Å². The normalized spacial score (nSPS) is 16.2. The van der Waals surface area contributed by atoms with Crippen LogP contribution in [0.3, 0.4) is 0 Å². The Hall–Kier alpha value is -2.56. The van der Waals surface area contributed by atoms with Crippen LogP contribution in [-0.4, -0.2) is 55.4 Å². The lowest BCUT2D eigenvalue weighted by Gasteiger charge is -2.37. The number of aryl methyl sites for hydroxylation is 1. The molecule has 1 heterocycles. The van der Waals surface area contributed by atoms with Crippen molar-refractivity contribution in [3.63, 3.8) is 0 Å². The maximum Gasteiger partial charge on any atom is 0.127 e. The van der Waals surface area contributed by atoms with Crippen LogP contribution in [0.15, 0.2) is 60.7 Å². The molecule has 4 heteroatoms. The number of β-amino-alcohol motifs (C(OH)–C–C–N with tert-alkyl or cyclic N) is 1. The Bertz CT molecular complexity index is 959. The van der Waals surface area contributed by atoms with Crippen molar-refractivity contribution >= 4 is 16.5 Å². The van der Waals surface area contributed by atoms with Gasteiger partial charge in [0.25, 0.3) is 0 Å². The molecule has 0 bridgehead atoms. The van der Waals surface area contributed by atoms with Gasteiger partial charge in [-0.3, -0.25) is 4.90 Å². The Balaban J connectivity index is 1.29. The second-order valence-corrected chi connectivity index (χ2v) is 7.95. The number of hydrogen-bond acceptors (Lipinski definition) is 4. The van der Waals surface area contributed by atoms with Gasteiger partial charge in [-0.1, -0.05) is 48.5 Å². The monoisotopic (exact) mass is 390 g/mol. The number of aliphatic hydroxyl groups excluding tert-OH is 1. The van der Waals surface area contributed by atoms with E-state index in [2.05, 4.69) is 60.0 Å². The molecule has 0 saturated carbocycles. The third-order valence-corrected chi connectivity index (χ3v) is 5.94. The molecule has 0 amide bonds. The third-order valence-electron chi connectivity index (χ3n) is 5.94. The first-order valence-electron chi connectivity index (χ1n) is 10.4. The van der Waals surface area contributed by atoms with Gasteiger partial charge in [-0.2, -0.15) is 0 Å². The van der Waals surface area contributed by atoms with Gasteiger partial charge in [0.05, 0.1) is 0 Å². The molecule has 1 saturated heterocycles. The van der Waals surface area contributed by atoms with Gasteiger partial charge in [-0.25, -0.2) is 0 Å². The molecule has 3 aromatic carbocycles. The summed E-state index contributed by atoms with van der Waals surface area (Å²) in [4.78, 5) is 4.79. The summed E-state index contributed by atoms with van der Waals surface area (Å²) in [6.45, 7) is 9.21. The summed E-state index contributed by atoms with van der Waals surface area (Å²) in [6, 6.07) is 20.7. The van der Waals surface area contributed by atoms with Crippen LogP contribution >= 0.6 is 0 Å². The SMILES string of the molecule is Cc1cccc(N2CCN(CC(O)COc3cccc4ccccc34)CC2)c1C. The van der Waals surface area contributed by atoms with Gasteiger partial charge in [0, 0.05) is 43.8 Å². The smallest absolute Gasteiger partial charge is 0.127 e. The van der Waals surface area contributed by atoms with Gasteiger partial charge >= 0.3 is 0 Å². The maximum absolute atomic E-state index is 10.5. The molecule has 4 rings (SSSR count). The standard InChI is InChI=1S/C25H30N2O2/c1-19-7-5-11-24(20(19)2)27-15-13-26(14-16-27)17-22(28)18-29-25-12-6-9-21-8-3-4-10-23(21)25/h3-12,22,28H,13-18H2,1-2H3. The highest BCUT2D eigenvalue weighted by Crippen LogP contribution is 2.26. The average Bonchev–Trinajstić information content (AvgIpc) is 2.75. The molecule has 0 radical (unpaired) electrons. The van der Waals surface area contributed by atoms with Crippen molar-refractivity contribution in [1.29, 1.82) is 0 Å². The number of aliphatic hydroxyl groups is 1. The van der Waals surface area contributed by atoms with E-state index < -0.39 is 6.10 Å². The van der Waals surface area contributed by atoms with Crippen LogP contribution in [0.2, 0.25) is 0 Å². The van der Waals surface area contributed by atoms with Crippen LogP contribution in [0.4, 0.5) is 5.69 Å². The Morgan fingerprint density at radius 2 is 1.62 bits per heavy atom. The highest BCUT2D eigenvalue weighted by Gasteiger charge is 2.21. The first kappa shape index (κ1) is 19.7. The fourth-order valence-corrected chi connectivity index (χ4v) is 4.11. The van der Waals surface area contributed by atoms with Crippen LogP contribution < -0.4 is 9.64 Å². The fraction of sp³-hybridized carbons (Fsp3) is 0.360. The zero-order valence-electron chi connectivity index (χ0n) is 17.3. The van der Waals surface area contributed by atoms with Crippen LogP contribution in [0.5, 0.6) is 5.75 Å². The molecule has 1 fully saturated rings. The van der Waals surface area contributed by atoms with Crippen LogP contribution in [0.25, 0.3) is 10.8 Å². The lowest BCUT2D eigenvalue weighted by Crippen LogP contribution is -2.49. The second-order valence-electron chi connectivity index (χ2n) is 7.95. The van der Waals surface area contributed by atoms with Gasteiger partial charge in [-0.05, 0) is 42.5 Å². The lowest BCUT2D eigenvalue weighted by molar-refractivity contribution is 0.0668. The number of ether oxygens (including phenoxy) is 1. The summed E-state index contributed by atoms with van der Waals surface area (Å²) < 4.78 is 5.95. The molecule has 0 aromatic heterocycles. The van der Waals surface area contributed by atoms with Crippen molar-refractivity contribution in [2.75, 3.05) is 44.2 Å². The Labute approximate surface area is 173 Å². The molecule has 152 valence electrons. The van der Waals surface area contributed by atoms with E-state index in [9.17, 15) is 5.11 Å². The first-order valence-corrected chi connectivity index (χ1v) is 10.4. The number of piperazine rings is 1. The molecule has 1 aliphatic heterocycles. The van der Waals surface area contributed by atoms with E-state index in [1.165, 1.54) is 16.8 Å². The summed E-state index contributed by atoms with van der Waals surface area (Å²) in [6.07, 6.45) is -0.499. The molecule has 29 heavy (non-hydrogen) atoms. The molecule has 3 aromatic rings. The zero-order valence-corrected chi connectivity index (χ0v) is 17.3.